The molecule has 110 valence electrons. The molecule has 1 heterocycles. The van der Waals surface area contributed by atoms with Gasteiger partial charge in [0.1, 0.15) is 6.61 Å². The highest BCUT2D eigenvalue weighted by atomic mass is 79.9. The van der Waals surface area contributed by atoms with Gasteiger partial charge in [-0.25, -0.2) is 0 Å². The quantitative estimate of drug-likeness (QED) is 0.860. The lowest BCUT2D eigenvalue weighted by Crippen LogP contribution is -2.31. The summed E-state index contributed by atoms with van der Waals surface area (Å²) in [6.07, 6.45) is 0.898. The monoisotopic (exact) mass is 350 g/mol. The fourth-order valence-corrected chi connectivity index (χ4v) is 3.33. The number of halogens is 1. The number of hydrogen-bond donors (Lipinski definition) is 1. The van der Waals surface area contributed by atoms with Crippen LogP contribution < -0.4 is 5.32 Å². The molecule has 2 aromatic rings. The fraction of sp³-hybridized carbons (Fsp3) is 0.333. The van der Waals surface area contributed by atoms with E-state index in [1.165, 1.54) is 5.56 Å². The molecule has 2 atom stereocenters. The zero-order chi connectivity index (χ0) is 14.8. The highest BCUT2D eigenvalue weighted by Gasteiger charge is 2.32. The van der Waals surface area contributed by atoms with Crippen LogP contribution >= 0.6 is 15.9 Å². The van der Waals surface area contributed by atoms with Gasteiger partial charge in [0, 0.05) is 18.0 Å². The Bertz CT molecular complexity index is 656. The number of nitrogens with one attached hydrogen (secondary N) is 1. The number of methoxy groups -OCH3 is 1. The van der Waals surface area contributed by atoms with E-state index >= 15 is 0 Å². The van der Waals surface area contributed by atoms with Crippen molar-refractivity contribution in [2.45, 2.75) is 23.9 Å². The van der Waals surface area contributed by atoms with Gasteiger partial charge >= 0.3 is 0 Å². The standard InChI is InChI=1S/C15H15BrN2O3/c1-20-8-10-7-13(18-21-10)15(19)17-14-11-5-3-2-4-9(11)6-12(14)16/h2-5,7,12,14H,6,8H2,1H3,(H,17,19). The number of alkyl halides is 1. The van der Waals surface area contributed by atoms with Crippen molar-refractivity contribution in [3.8, 4) is 0 Å². The number of fused-ring (bicyclic) bond motifs is 1. The number of carbonyl (C=O) groups excluding carboxylic acids is 1. The molecule has 0 saturated carbocycles. The van der Waals surface area contributed by atoms with E-state index in [9.17, 15) is 4.79 Å². The molecular formula is C15H15BrN2O3. The van der Waals surface area contributed by atoms with Crippen molar-refractivity contribution in [2.75, 3.05) is 7.11 Å². The number of hydrogen-bond acceptors (Lipinski definition) is 4. The summed E-state index contributed by atoms with van der Waals surface area (Å²) >= 11 is 3.64. The number of carbonyl (C=O) groups is 1. The van der Waals surface area contributed by atoms with Crippen molar-refractivity contribution in [2.24, 2.45) is 0 Å². The third-order valence-corrected chi connectivity index (χ3v) is 4.38. The first-order valence-corrected chi connectivity index (χ1v) is 7.58. The highest BCUT2D eigenvalue weighted by molar-refractivity contribution is 9.09. The lowest BCUT2D eigenvalue weighted by atomic mass is 10.1. The van der Waals surface area contributed by atoms with Gasteiger partial charge in [0.05, 0.1) is 6.04 Å². The average Bonchev–Trinajstić information content (AvgIpc) is 3.05. The predicted molar refractivity (Wildman–Crippen MR) is 80.3 cm³/mol. The molecule has 5 nitrogen and oxygen atoms in total. The zero-order valence-electron chi connectivity index (χ0n) is 11.5. The van der Waals surface area contributed by atoms with E-state index in [0.717, 1.165) is 12.0 Å². The van der Waals surface area contributed by atoms with Crippen molar-refractivity contribution >= 4 is 21.8 Å². The van der Waals surface area contributed by atoms with E-state index in [4.69, 9.17) is 9.26 Å². The smallest absolute Gasteiger partial charge is 0.273 e. The van der Waals surface area contributed by atoms with Crippen molar-refractivity contribution in [3.05, 3.63) is 52.9 Å². The summed E-state index contributed by atoms with van der Waals surface area (Å²) in [5.41, 5.74) is 2.67. The van der Waals surface area contributed by atoms with Gasteiger partial charge in [-0.1, -0.05) is 45.4 Å². The van der Waals surface area contributed by atoms with Gasteiger partial charge in [0.2, 0.25) is 0 Å². The van der Waals surface area contributed by atoms with Crippen LogP contribution in [0.3, 0.4) is 0 Å². The van der Waals surface area contributed by atoms with Gasteiger partial charge in [-0.05, 0) is 17.5 Å². The number of nitrogens with zero attached hydrogens (tertiary/aromatic N) is 1. The Morgan fingerprint density at radius 3 is 3.14 bits per heavy atom. The van der Waals surface area contributed by atoms with Gasteiger partial charge in [0.15, 0.2) is 11.5 Å². The first kappa shape index (κ1) is 14.3. The Balaban J connectivity index is 1.75. The Hall–Kier alpha value is -1.66. The summed E-state index contributed by atoms with van der Waals surface area (Å²) in [7, 11) is 1.56. The highest BCUT2D eigenvalue weighted by Crippen LogP contribution is 2.35. The van der Waals surface area contributed by atoms with Crippen LogP contribution in [0.15, 0.2) is 34.9 Å². The zero-order valence-corrected chi connectivity index (χ0v) is 13.1. The normalized spacial score (nSPS) is 20.3. The summed E-state index contributed by atoms with van der Waals surface area (Å²) in [5.74, 6) is 0.289. The van der Waals surface area contributed by atoms with Crippen molar-refractivity contribution in [3.63, 3.8) is 0 Å². The Morgan fingerprint density at radius 1 is 1.52 bits per heavy atom. The van der Waals surface area contributed by atoms with E-state index in [1.54, 1.807) is 13.2 Å². The minimum atomic E-state index is -0.243. The SMILES string of the molecule is COCc1cc(C(=O)NC2c3ccccc3CC2Br)no1. The number of benzene rings is 1. The average molecular weight is 351 g/mol. The summed E-state index contributed by atoms with van der Waals surface area (Å²) in [6, 6.07) is 9.66. The third-order valence-electron chi connectivity index (χ3n) is 3.53. The molecular weight excluding hydrogens is 336 g/mol. The van der Waals surface area contributed by atoms with Gasteiger partial charge in [-0.3, -0.25) is 4.79 Å². The second-order valence-corrected chi connectivity index (χ2v) is 6.16. The second kappa shape index (κ2) is 5.99. The first-order valence-electron chi connectivity index (χ1n) is 6.66. The number of amides is 1. The molecule has 1 aliphatic carbocycles. The van der Waals surface area contributed by atoms with E-state index in [-0.39, 0.29) is 22.5 Å². The van der Waals surface area contributed by atoms with Crippen LogP contribution in [0.5, 0.6) is 0 Å². The second-order valence-electron chi connectivity index (χ2n) is 4.98. The summed E-state index contributed by atoms with van der Waals surface area (Å²) in [4.78, 5) is 12.5. The molecule has 0 bridgehead atoms. The molecule has 3 rings (SSSR count). The van der Waals surface area contributed by atoms with Crippen LogP contribution in [0, 0.1) is 0 Å². The Kier molecular flexibility index (Phi) is 4.07. The molecule has 2 unspecified atom stereocenters. The van der Waals surface area contributed by atoms with Gasteiger partial charge in [-0.15, -0.1) is 0 Å². The molecule has 0 saturated heterocycles. The molecule has 1 aromatic carbocycles. The van der Waals surface area contributed by atoms with Gasteiger partial charge in [-0.2, -0.15) is 0 Å². The van der Waals surface area contributed by atoms with Crippen LogP contribution in [-0.4, -0.2) is 23.0 Å². The van der Waals surface area contributed by atoms with E-state index < -0.39 is 0 Å². The van der Waals surface area contributed by atoms with Crippen LogP contribution in [-0.2, 0) is 17.8 Å². The molecule has 21 heavy (non-hydrogen) atoms. The lowest BCUT2D eigenvalue weighted by Gasteiger charge is -2.16. The minimum Gasteiger partial charge on any atom is -0.377 e. The maximum Gasteiger partial charge on any atom is 0.273 e. The van der Waals surface area contributed by atoms with Gasteiger partial charge in [0.25, 0.3) is 5.91 Å². The van der Waals surface area contributed by atoms with Crippen molar-refractivity contribution < 1.29 is 14.1 Å². The van der Waals surface area contributed by atoms with E-state index in [0.29, 0.717) is 12.4 Å². The topological polar surface area (TPSA) is 64.4 Å². The summed E-state index contributed by atoms with van der Waals surface area (Å²) < 4.78 is 9.98. The fourth-order valence-electron chi connectivity index (χ4n) is 2.56. The summed E-state index contributed by atoms with van der Waals surface area (Å²) in [5, 5.41) is 6.78. The van der Waals surface area contributed by atoms with Crippen molar-refractivity contribution in [1.82, 2.24) is 10.5 Å². The van der Waals surface area contributed by atoms with E-state index in [2.05, 4.69) is 32.5 Å². The number of ether oxygens (including phenoxy) is 1. The molecule has 0 aliphatic heterocycles. The maximum atomic E-state index is 12.3. The molecule has 0 radical (unpaired) electrons. The Labute approximate surface area is 130 Å². The predicted octanol–water partition coefficient (Wildman–Crippen LogP) is 2.61. The third kappa shape index (κ3) is 2.87. The van der Waals surface area contributed by atoms with Crippen LogP contribution in [0.25, 0.3) is 0 Å². The molecule has 1 amide bonds. The molecule has 1 aliphatic rings. The number of rotatable bonds is 4. The molecule has 0 fully saturated rings. The van der Waals surface area contributed by atoms with Crippen LogP contribution in [0.4, 0.5) is 0 Å². The number of aromatic nitrogens is 1. The maximum absolute atomic E-state index is 12.3. The van der Waals surface area contributed by atoms with Crippen molar-refractivity contribution in [1.29, 1.82) is 0 Å². The van der Waals surface area contributed by atoms with Crippen LogP contribution in [0.1, 0.15) is 33.4 Å². The van der Waals surface area contributed by atoms with E-state index in [1.807, 2.05) is 18.2 Å². The van der Waals surface area contributed by atoms with Crippen LogP contribution in [0.2, 0.25) is 0 Å². The lowest BCUT2D eigenvalue weighted by molar-refractivity contribution is 0.0928. The Morgan fingerprint density at radius 2 is 2.33 bits per heavy atom. The first-order chi connectivity index (χ1) is 10.2. The minimum absolute atomic E-state index is 0.0590. The molecule has 1 N–H and O–H groups in total. The van der Waals surface area contributed by atoms with Gasteiger partial charge < -0.3 is 14.6 Å². The summed E-state index contributed by atoms with van der Waals surface area (Å²) in [6.45, 7) is 0.299. The molecule has 1 aromatic heterocycles. The molecule has 0 spiro atoms. The molecule has 6 heteroatoms. The largest absolute Gasteiger partial charge is 0.377 e.